The Kier molecular flexibility index (Phi) is 2.88. The summed E-state index contributed by atoms with van der Waals surface area (Å²) >= 11 is 0. The van der Waals surface area contributed by atoms with Gasteiger partial charge in [-0.2, -0.15) is 0 Å². The quantitative estimate of drug-likeness (QED) is 0.665. The molecule has 66 valence electrons. The number of nitrogens with one attached hydrogen (secondary N) is 1. The van der Waals surface area contributed by atoms with Crippen molar-refractivity contribution in [3.8, 4) is 0 Å². The predicted molar refractivity (Wildman–Crippen MR) is 45.4 cm³/mol. The molecule has 1 aliphatic carbocycles. The fraction of sp³-hybridized carbons (Fsp3) is 1.00. The van der Waals surface area contributed by atoms with Crippen LogP contribution in [0.3, 0.4) is 0 Å². The monoisotopic (exact) mass is 159 g/mol. The molecule has 1 N–H and O–H groups in total. The van der Waals surface area contributed by atoms with E-state index in [4.69, 9.17) is 0 Å². The van der Waals surface area contributed by atoms with Crippen molar-refractivity contribution in [2.45, 2.75) is 38.3 Å². The first-order valence-corrected chi connectivity index (χ1v) is 4.50. The van der Waals surface area contributed by atoms with Gasteiger partial charge in [0.05, 0.1) is 0 Å². The molecule has 0 aromatic rings. The summed E-state index contributed by atoms with van der Waals surface area (Å²) < 4.78 is 13.7. The Labute approximate surface area is 68.4 Å². The lowest BCUT2D eigenvalue weighted by atomic mass is 9.89. The van der Waals surface area contributed by atoms with E-state index in [9.17, 15) is 4.39 Å². The highest BCUT2D eigenvalue weighted by atomic mass is 19.1. The lowest BCUT2D eigenvalue weighted by Crippen LogP contribution is -2.38. The second kappa shape index (κ2) is 3.53. The van der Waals surface area contributed by atoms with Gasteiger partial charge in [-0.25, -0.2) is 4.39 Å². The molecule has 2 heteroatoms. The second-order valence-electron chi connectivity index (χ2n) is 3.79. The minimum absolute atomic E-state index is 0.301. The standard InChI is InChI=1S/C9H18FN/c1-9(10,7-11-2)8-5-3-4-6-8/h8,11H,3-7H2,1-2H3. The van der Waals surface area contributed by atoms with Crippen LogP contribution in [0, 0.1) is 5.92 Å². The molecule has 1 atom stereocenters. The topological polar surface area (TPSA) is 12.0 Å². The highest BCUT2D eigenvalue weighted by molar-refractivity contribution is 4.87. The fourth-order valence-corrected chi connectivity index (χ4v) is 2.02. The van der Waals surface area contributed by atoms with E-state index in [1.54, 1.807) is 6.92 Å². The van der Waals surface area contributed by atoms with Gasteiger partial charge >= 0.3 is 0 Å². The Morgan fingerprint density at radius 1 is 1.45 bits per heavy atom. The van der Waals surface area contributed by atoms with Crippen LogP contribution in [0.5, 0.6) is 0 Å². The molecule has 0 bridgehead atoms. The third kappa shape index (κ3) is 2.16. The summed E-state index contributed by atoms with van der Waals surface area (Å²) in [4.78, 5) is 0. The number of hydrogen-bond acceptors (Lipinski definition) is 1. The minimum Gasteiger partial charge on any atom is -0.317 e. The van der Waals surface area contributed by atoms with Gasteiger partial charge in [0.2, 0.25) is 0 Å². The van der Waals surface area contributed by atoms with Gasteiger partial charge in [-0.05, 0) is 32.7 Å². The summed E-state index contributed by atoms with van der Waals surface area (Å²) in [7, 11) is 1.81. The zero-order valence-electron chi connectivity index (χ0n) is 7.49. The maximum Gasteiger partial charge on any atom is 0.123 e. The molecule has 1 rings (SSSR count). The van der Waals surface area contributed by atoms with Crippen LogP contribution in [0.4, 0.5) is 4.39 Å². The van der Waals surface area contributed by atoms with Crippen molar-refractivity contribution in [1.29, 1.82) is 0 Å². The molecular formula is C9H18FN. The van der Waals surface area contributed by atoms with Gasteiger partial charge in [0.25, 0.3) is 0 Å². The lowest BCUT2D eigenvalue weighted by Gasteiger charge is -2.26. The summed E-state index contributed by atoms with van der Waals surface area (Å²) in [5.74, 6) is 0.301. The second-order valence-corrected chi connectivity index (χ2v) is 3.79. The van der Waals surface area contributed by atoms with Gasteiger partial charge in [-0.15, -0.1) is 0 Å². The maximum atomic E-state index is 13.7. The number of hydrogen-bond donors (Lipinski definition) is 1. The maximum absolute atomic E-state index is 13.7. The Morgan fingerprint density at radius 3 is 2.45 bits per heavy atom. The van der Waals surface area contributed by atoms with Gasteiger partial charge in [0, 0.05) is 6.54 Å². The molecule has 11 heavy (non-hydrogen) atoms. The summed E-state index contributed by atoms with van der Waals surface area (Å²) in [6.07, 6.45) is 4.59. The van der Waals surface area contributed by atoms with Crippen LogP contribution in [-0.4, -0.2) is 19.3 Å². The molecule has 0 saturated heterocycles. The molecule has 0 heterocycles. The van der Waals surface area contributed by atoms with E-state index < -0.39 is 5.67 Å². The summed E-state index contributed by atoms with van der Waals surface area (Å²) in [5, 5.41) is 2.91. The molecule has 1 fully saturated rings. The molecule has 0 aromatic carbocycles. The van der Waals surface area contributed by atoms with E-state index in [1.165, 1.54) is 12.8 Å². The Hall–Kier alpha value is -0.110. The first-order valence-electron chi connectivity index (χ1n) is 4.50. The molecule has 0 spiro atoms. The van der Waals surface area contributed by atoms with Crippen LogP contribution < -0.4 is 5.32 Å². The van der Waals surface area contributed by atoms with Gasteiger partial charge in [-0.1, -0.05) is 12.8 Å². The van der Waals surface area contributed by atoms with Crippen LogP contribution in [0.15, 0.2) is 0 Å². The lowest BCUT2D eigenvalue weighted by molar-refractivity contribution is 0.106. The largest absolute Gasteiger partial charge is 0.317 e. The van der Waals surface area contributed by atoms with Gasteiger partial charge in [-0.3, -0.25) is 0 Å². The van der Waals surface area contributed by atoms with Crippen LogP contribution in [0.25, 0.3) is 0 Å². The van der Waals surface area contributed by atoms with E-state index in [0.29, 0.717) is 12.5 Å². The Bertz CT molecular complexity index is 117. The first kappa shape index (κ1) is 8.98. The predicted octanol–water partition coefficient (Wildman–Crippen LogP) is 2.12. The first-order chi connectivity index (χ1) is 5.17. The molecule has 1 saturated carbocycles. The van der Waals surface area contributed by atoms with Crippen molar-refractivity contribution in [2.24, 2.45) is 5.92 Å². The highest BCUT2D eigenvalue weighted by Gasteiger charge is 2.35. The van der Waals surface area contributed by atoms with Crippen LogP contribution in [0.2, 0.25) is 0 Å². The third-order valence-electron chi connectivity index (χ3n) is 2.73. The zero-order valence-corrected chi connectivity index (χ0v) is 7.49. The molecule has 1 unspecified atom stereocenters. The molecule has 0 aromatic heterocycles. The minimum atomic E-state index is -0.981. The van der Waals surface area contributed by atoms with Crippen molar-refractivity contribution >= 4 is 0 Å². The van der Waals surface area contributed by atoms with Crippen molar-refractivity contribution in [3.63, 3.8) is 0 Å². The molecule has 0 aliphatic heterocycles. The molecule has 1 aliphatic rings. The number of alkyl halides is 1. The number of rotatable bonds is 3. The molecule has 0 amide bonds. The Balaban J connectivity index is 2.41. The Morgan fingerprint density at radius 2 is 2.00 bits per heavy atom. The van der Waals surface area contributed by atoms with Gasteiger partial charge in [0.1, 0.15) is 5.67 Å². The van der Waals surface area contributed by atoms with Crippen LogP contribution in [-0.2, 0) is 0 Å². The summed E-state index contributed by atoms with van der Waals surface area (Å²) in [6.45, 7) is 2.22. The van der Waals surface area contributed by atoms with E-state index in [2.05, 4.69) is 5.32 Å². The summed E-state index contributed by atoms with van der Waals surface area (Å²) in [5.41, 5.74) is -0.981. The molecule has 0 radical (unpaired) electrons. The smallest absolute Gasteiger partial charge is 0.123 e. The highest BCUT2D eigenvalue weighted by Crippen LogP contribution is 2.35. The van der Waals surface area contributed by atoms with Crippen LogP contribution in [0.1, 0.15) is 32.6 Å². The van der Waals surface area contributed by atoms with Gasteiger partial charge in [0.15, 0.2) is 0 Å². The van der Waals surface area contributed by atoms with Crippen molar-refractivity contribution in [1.82, 2.24) is 5.32 Å². The van der Waals surface area contributed by atoms with E-state index in [0.717, 1.165) is 12.8 Å². The van der Waals surface area contributed by atoms with Crippen molar-refractivity contribution < 1.29 is 4.39 Å². The van der Waals surface area contributed by atoms with Crippen LogP contribution >= 0.6 is 0 Å². The third-order valence-corrected chi connectivity index (χ3v) is 2.73. The van der Waals surface area contributed by atoms with Crippen molar-refractivity contribution in [3.05, 3.63) is 0 Å². The molecular weight excluding hydrogens is 141 g/mol. The normalized spacial score (nSPS) is 25.4. The zero-order chi connectivity index (χ0) is 8.32. The average molecular weight is 159 g/mol. The van der Waals surface area contributed by atoms with E-state index >= 15 is 0 Å². The molecule has 1 nitrogen and oxygen atoms in total. The van der Waals surface area contributed by atoms with E-state index in [1.807, 2.05) is 7.05 Å². The van der Waals surface area contributed by atoms with Gasteiger partial charge < -0.3 is 5.32 Å². The van der Waals surface area contributed by atoms with Crippen molar-refractivity contribution in [2.75, 3.05) is 13.6 Å². The average Bonchev–Trinajstić information content (AvgIpc) is 2.37. The number of halogens is 1. The fourth-order valence-electron chi connectivity index (χ4n) is 2.02. The SMILES string of the molecule is CNCC(C)(F)C1CCCC1. The van der Waals surface area contributed by atoms with E-state index in [-0.39, 0.29) is 0 Å². The summed E-state index contributed by atoms with van der Waals surface area (Å²) in [6, 6.07) is 0.